The number of carboxylic acid groups (broad SMARTS) is 1. The van der Waals surface area contributed by atoms with E-state index in [1.165, 1.54) is 6.21 Å². The van der Waals surface area contributed by atoms with Crippen LogP contribution >= 0.6 is 0 Å². The van der Waals surface area contributed by atoms with Crippen LogP contribution in [0.4, 0.5) is 4.79 Å². The minimum atomic E-state index is -0.827. The predicted molar refractivity (Wildman–Crippen MR) is 81.6 cm³/mol. The second-order valence-electron chi connectivity index (χ2n) is 5.68. The zero-order chi connectivity index (χ0) is 17.0. The van der Waals surface area contributed by atoms with E-state index in [4.69, 9.17) is 9.84 Å². The van der Waals surface area contributed by atoms with Crippen LogP contribution in [0.3, 0.4) is 0 Å². The Morgan fingerprint density at radius 1 is 1.14 bits per heavy atom. The molecule has 0 aliphatic carbocycles. The molecule has 0 aliphatic rings. The van der Waals surface area contributed by atoms with Crippen LogP contribution in [0.2, 0.25) is 0 Å². The number of aliphatic carboxylic acids is 1. The molecule has 0 aromatic rings. The van der Waals surface area contributed by atoms with Crippen molar-refractivity contribution in [2.45, 2.75) is 58.5 Å². The van der Waals surface area contributed by atoms with Gasteiger partial charge in [-0.05, 0) is 33.6 Å². The molecule has 0 saturated carbocycles. The Bertz CT molecular complexity index is 402. The van der Waals surface area contributed by atoms with Crippen molar-refractivity contribution < 1.29 is 24.2 Å². The Morgan fingerprint density at radius 2 is 1.77 bits per heavy atom. The number of alkyl carbamates (subject to hydrolysis) is 1. The number of rotatable bonds is 9. The van der Waals surface area contributed by atoms with Gasteiger partial charge in [0.2, 0.25) is 5.91 Å². The first-order valence-electron chi connectivity index (χ1n) is 7.19. The third kappa shape index (κ3) is 14.3. The molecule has 3 N–H and O–H groups in total. The van der Waals surface area contributed by atoms with E-state index in [1.54, 1.807) is 20.8 Å². The molecule has 0 saturated heterocycles. The Hall–Kier alpha value is -2.12. The summed E-state index contributed by atoms with van der Waals surface area (Å²) >= 11 is 0. The van der Waals surface area contributed by atoms with Gasteiger partial charge in [-0.3, -0.25) is 9.59 Å². The van der Waals surface area contributed by atoms with Crippen molar-refractivity contribution in [2.24, 2.45) is 5.10 Å². The minimum absolute atomic E-state index is 0.121. The van der Waals surface area contributed by atoms with Gasteiger partial charge in [0.15, 0.2) is 0 Å². The molecule has 0 atom stereocenters. The molecule has 0 radical (unpaired) electrons. The molecule has 0 spiro atoms. The second-order valence-corrected chi connectivity index (χ2v) is 5.68. The van der Waals surface area contributed by atoms with E-state index >= 15 is 0 Å². The smallest absolute Gasteiger partial charge is 0.407 e. The second kappa shape index (κ2) is 10.6. The number of hydrogen-bond acceptors (Lipinski definition) is 5. The highest BCUT2D eigenvalue weighted by atomic mass is 16.6. The lowest BCUT2D eigenvalue weighted by molar-refractivity contribution is -0.137. The van der Waals surface area contributed by atoms with E-state index in [2.05, 4.69) is 15.8 Å². The number of carbonyl (C=O) groups excluding carboxylic acids is 2. The topological polar surface area (TPSA) is 117 Å². The summed E-state index contributed by atoms with van der Waals surface area (Å²) in [6.07, 6.45) is 3.07. The maximum Gasteiger partial charge on any atom is 0.407 e. The number of hydrazone groups is 1. The molecular formula is C14H25N3O5. The molecule has 2 amide bonds. The molecular weight excluding hydrogens is 290 g/mol. The molecule has 0 rings (SSSR count). The van der Waals surface area contributed by atoms with Gasteiger partial charge in [-0.2, -0.15) is 5.10 Å². The summed E-state index contributed by atoms with van der Waals surface area (Å²) in [5.41, 5.74) is 1.77. The van der Waals surface area contributed by atoms with Gasteiger partial charge in [0.1, 0.15) is 5.60 Å². The number of nitrogens with zero attached hydrogens (tertiary/aromatic N) is 1. The van der Waals surface area contributed by atoms with E-state index in [0.717, 1.165) is 0 Å². The standard InChI is InChI=1S/C14H25N3O5/c1-14(2,3)22-13(21)15-9-10-16-17-11(18)7-5-4-6-8-12(19)20/h10H,4-9H2,1-3H3,(H,15,21)(H,17,18)(H,19,20)/b16-10+. The lowest BCUT2D eigenvalue weighted by Gasteiger charge is -2.19. The molecule has 0 fully saturated rings. The van der Waals surface area contributed by atoms with Crippen molar-refractivity contribution in [2.75, 3.05) is 6.54 Å². The van der Waals surface area contributed by atoms with Gasteiger partial charge in [0.25, 0.3) is 0 Å². The third-order valence-corrected chi connectivity index (χ3v) is 2.31. The lowest BCUT2D eigenvalue weighted by atomic mass is 10.1. The average molecular weight is 315 g/mol. The third-order valence-electron chi connectivity index (χ3n) is 2.31. The fourth-order valence-electron chi connectivity index (χ4n) is 1.40. The first-order valence-corrected chi connectivity index (χ1v) is 7.19. The summed E-state index contributed by atoms with van der Waals surface area (Å²) < 4.78 is 5.02. The summed E-state index contributed by atoms with van der Waals surface area (Å²) in [6, 6.07) is 0. The van der Waals surface area contributed by atoms with E-state index < -0.39 is 17.7 Å². The van der Waals surface area contributed by atoms with Crippen LogP contribution in [0.25, 0.3) is 0 Å². The number of hydrogen-bond donors (Lipinski definition) is 3. The van der Waals surface area contributed by atoms with Crippen molar-refractivity contribution >= 4 is 24.2 Å². The van der Waals surface area contributed by atoms with Crippen LogP contribution in [0.15, 0.2) is 5.10 Å². The monoisotopic (exact) mass is 315 g/mol. The maximum absolute atomic E-state index is 11.4. The minimum Gasteiger partial charge on any atom is -0.481 e. The van der Waals surface area contributed by atoms with Crippen LogP contribution in [-0.4, -0.2) is 41.4 Å². The lowest BCUT2D eigenvalue weighted by Crippen LogP contribution is -2.33. The van der Waals surface area contributed by atoms with Gasteiger partial charge in [0.05, 0.1) is 6.54 Å². The molecule has 8 nitrogen and oxygen atoms in total. The number of carboxylic acids is 1. The first kappa shape index (κ1) is 19.9. The summed E-state index contributed by atoms with van der Waals surface area (Å²) in [5.74, 6) is -1.07. The van der Waals surface area contributed by atoms with E-state index in [1.807, 2.05) is 0 Å². The normalized spacial score (nSPS) is 11.2. The molecule has 0 aromatic heterocycles. The molecule has 0 unspecified atom stereocenters. The Labute approximate surface area is 130 Å². The molecule has 0 heterocycles. The molecule has 126 valence electrons. The molecule has 0 aromatic carbocycles. The number of carbonyl (C=O) groups is 3. The van der Waals surface area contributed by atoms with Crippen LogP contribution in [0, 0.1) is 0 Å². The van der Waals surface area contributed by atoms with E-state index in [0.29, 0.717) is 19.3 Å². The molecule has 8 heteroatoms. The van der Waals surface area contributed by atoms with Gasteiger partial charge >= 0.3 is 12.1 Å². The Morgan fingerprint density at radius 3 is 2.36 bits per heavy atom. The quantitative estimate of drug-likeness (QED) is 0.340. The maximum atomic E-state index is 11.4. The molecule has 0 aliphatic heterocycles. The summed E-state index contributed by atoms with van der Waals surface area (Å²) in [6.45, 7) is 5.43. The van der Waals surface area contributed by atoms with Crippen molar-refractivity contribution in [3.05, 3.63) is 0 Å². The van der Waals surface area contributed by atoms with E-state index in [-0.39, 0.29) is 25.3 Å². The van der Waals surface area contributed by atoms with Crippen molar-refractivity contribution in [3.8, 4) is 0 Å². The summed E-state index contributed by atoms with van der Waals surface area (Å²) in [7, 11) is 0. The SMILES string of the molecule is CC(C)(C)OC(=O)NC/C=N/NC(=O)CCCCCC(=O)O. The van der Waals surface area contributed by atoms with Crippen LogP contribution in [-0.2, 0) is 14.3 Å². The number of nitrogens with one attached hydrogen (secondary N) is 2. The van der Waals surface area contributed by atoms with Gasteiger partial charge in [-0.15, -0.1) is 0 Å². The average Bonchev–Trinajstić information content (AvgIpc) is 2.35. The predicted octanol–water partition coefficient (Wildman–Crippen LogP) is 1.65. The number of amides is 2. The Kier molecular flexibility index (Phi) is 9.56. The zero-order valence-electron chi connectivity index (χ0n) is 13.3. The highest BCUT2D eigenvalue weighted by Gasteiger charge is 2.15. The largest absolute Gasteiger partial charge is 0.481 e. The van der Waals surface area contributed by atoms with Crippen LogP contribution < -0.4 is 10.7 Å². The number of ether oxygens (including phenoxy) is 1. The van der Waals surface area contributed by atoms with Gasteiger partial charge in [-0.25, -0.2) is 10.2 Å². The molecule has 0 bridgehead atoms. The van der Waals surface area contributed by atoms with Crippen LogP contribution in [0.1, 0.15) is 52.9 Å². The van der Waals surface area contributed by atoms with E-state index in [9.17, 15) is 14.4 Å². The van der Waals surface area contributed by atoms with Gasteiger partial charge < -0.3 is 15.2 Å². The zero-order valence-corrected chi connectivity index (χ0v) is 13.3. The van der Waals surface area contributed by atoms with Crippen molar-refractivity contribution in [3.63, 3.8) is 0 Å². The summed E-state index contributed by atoms with van der Waals surface area (Å²) in [5, 5.41) is 14.6. The highest BCUT2D eigenvalue weighted by Crippen LogP contribution is 2.06. The fourth-order valence-corrected chi connectivity index (χ4v) is 1.40. The molecule has 22 heavy (non-hydrogen) atoms. The highest BCUT2D eigenvalue weighted by molar-refractivity contribution is 5.77. The number of unbranched alkanes of at least 4 members (excludes halogenated alkanes) is 2. The van der Waals surface area contributed by atoms with Gasteiger partial charge in [-0.1, -0.05) is 6.42 Å². The first-order chi connectivity index (χ1) is 10.2. The van der Waals surface area contributed by atoms with Crippen molar-refractivity contribution in [1.82, 2.24) is 10.7 Å². The van der Waals surface area contributed by atoms with Crippen molar-refractivity contribution in [1.29, 1.82) is 0 Å². The summed E-state index contributed by atoms with van der Waals surface area (Å²) in [4.78, 5) is 32.9. The fraction of sp³-hybridized carbons (Fsp3) is 0.714. The Balaban J connectivity index is 3.61. The van der Waals surface area contributed by atoms with Gasteiger partial charge in [0, 0.05) is 19.1 Å². The van der Waals surface area contributed by atoms with Crippen LogP contribution in [0.5, 0.6) is 0 Å².